The molecule has 28 heavy (non-hydrogen) atoms. The number of imidazole rings is 1. The zero-order valence-electron chi connectivity index (χ0n) is 15.1. The molecule has 0 radical (unpaired) electrons. The summed E-state index contributed by atoms with van der Waals surface area (Å²) in [7, 11) is 0. The first-order valence-corrected chi connectivity index (χ1v) is 9.81. The lowest BCUT2D eigenvalue weighted by Gasteiger charge is -2.29. The molecule has 2 saturated heterocycles. The van der Waals surface area contributed by atoms with Gasteiger partial charge in [0.05, 0.1) is 15.9 Å². The van der Waals surface area contributed by atoms with Crippen LogP contribution >= 0.6 is 11.8 Å². The van der Waals surface area contributed by atoms with E-state index in [4.69, 9.17) is 4.74 Å². The van der Waals surface area contributed by atoms with E-state index in [1.165, 1.54) is 0 Å². The number of aliphatic hydroxyl groups is 1. The summed E-state index contributed by atoms with van der Waals surface area (Å²) in [5.74, 6) is -0.374. The number of nitriles is 1. The minimum absolute atomic E-state index is 0.0609. The number of allylic oxidation sites excluding steroid dienone is 1. The summed E-state index contributed by atoms with van der Waals surface area (Å²) in [6.07, 6.45) is 1.12. The Morgan fingerprint density at radius 1 is 1.54 bits per heavy atom. The van der Waals surface area contributed by atoms with Crippen molar-refractivity contribution in [3.63, 3.8) is 0 Å². The van der Waals surface area contributed by atoms with Crippen LogP contribution in [0, 0.1) is 11.3 Å². The number of aromatic amines is 1. The second-order valence-corrected chi connectivity index (χ2v) is 8.41. The van der Waals surface area contributed by atoms with Crippen LogP contribution in [-0.2, 0) is 14.3 Å². The van der Waals surface area contributed by atoms with Crippen molar-refractivity contribution in [2.24, 2.45) is 0 Å². The van der Waals surface area contributed by atoms with Crippen molar-refractivity contribution in [2.45, 2.75) is 30.7 Å². The molecule has 1 amide bonds. The second-order valence-electron chi connectivity index (χ2n) is 6.91. The number of hydrogen-bond acceptors (Lipinski definition) is 7. The summed E-state index contributed by atoms with van der Waals surface area (Å²) in [4.78, 5) is 33.1. The van der Waals surface area contributed by atoms with Crippen LogP contribution in [0.5, 0.6) is 0 Å². The molecule has 4 rings (SSSR count). The van der Waals surface area contributed by atoms with Crippen LogP contribution in [0.25, 0.3) is 16.6 Å². The van der Waals surface area contributed by atoms with Crippen molar-refractivity contribution in [1.29, 1.82) is 5.26 Å². The minimum atomic E-state index is -0.672. The summed E-state index contributed by atoms with van der Waals surface area (Å²) < 4.78 is 5.22. The Hall–Kier alpha value is -2.99. The first-order chi connectivity index (χ1) is 13.4. The summed E-state index contributed by atoms with van der Waals surface area (Å²) in [6.45, 7) is 1.49. The minimum Gasteiger partial charge on any atom is -0.507 e. The van der Waals surface area contributed by atoms with Crippen LogP contribution in [0.2, 0.25) is 0 Å². The van der Waals surface area contributed by atoms with Gasteiger partial charge in [-0.1, -0.05) is 12.1 Å². The third-order valence-corrected chi connectivity index (χ3v) is 6.60. The van der Waals surface area contributed by atoms with Gasteiger partial charge in [-0.2, -0.15) is 5.26 Å². The van der Waals surface area contributed by atoms with Gasteiger partial charge < -0.3 is 19.7 Å². The number of carbonyl (C=O) groups excluding carboxylic acids is 2. The number of aliphatic hydroxyl groups excluding tert-OH is 1. The number of amides is 1. The van der Waals surface area contributed by atoms with Gasteiger partial charge in [-0.15, -0.1) is 11.8 Å². The molecule has 8 nitrogen and oxygen atoms in total. The van der Waals surface area contributed by atoms with E-state index >= 15 is 0 Å². The van der Waals surface area contributed by atoms with E-state index in [0.29, 0.717) is 24.1 Å². The lowest BCUT2D eigenvalue weighted by atomic mass is 10.2. The van der Waals surface area contributed by atoms with Gasteiger partial charge in [0.1, 0.15) is 24.3 Å². The molecule has 0 unspecified atom stereocenters. The molecule has 2 fully saturated rings. The molecule has 1 aromatic carbocycles. The molecule has 1 aromatic heterocycles. The molecule has 2 aliphatic rings. The fourth-order valence-corrected chi connectivity index (χ4v) is 5.05. The lowest BCUT2D eigenvalue weighted by molar-refractivity contribution is -0.153. The average Bonchev–Trinajstić information content (AvgIpc) is 3.33. The Morgan fingerprint density at radius 2 is 2.32 bits per heavy atom. The zero-order valence-corrected chi connectivity index (χ0v) is 16.0. The SMILES string of the molecule is C[C@@]12CCC(=O)N1[C@@H](C(=O)OCC(O)=C(C#N)c1nc3ccccc3[nH]1)CS2. The molecular weight excluding hydrogens is 380 g/mol. The molecule has 3 heterocycles. The van der Waals surface area contributed by atoms with Gasteiger partial charge in [-0.25, -0.2) is 9.78 Å². The molecule has 2 aromatic rings. The molecular formula is C19H18N4O4S. The van der Waals surface area contributed by atoms with Crippen molar-refractivity contribution in [1.82, 2.24) is 14.9 Å². The number of benzene rings is 1. The van der Waals surface area contributed by atoms with Gasteiger partial charge in [-0.3, -0.25) is 4.79 Å². The van der Waals surface area contributed by atoms with Crippen LogP contribution in [0.1, 0.15) is 25.6 Å². The standard InChI is InChI=1S/C19H18N4O4S/c1-19-7-6-16(25)23(19)14(10-28-19)18(26)27-9-15(24)11(8-20)17-21-12-4-2-3-5-13(12)22-17/h2-5,14,24H,6-7,9-10H2,1H3,(H,21,22)/t14-,19-/m1/s1. The van der Waals surface area contributed by atoms with Crippen molar-refractivity contribution < 1.29 is 19.4 Å². The first kappa shape index (κ1) is 18.4. The average molecular weight is 398 g/mol. The van der Waals surface area contributed by atoms with E-state index in [1.54, 1.807) is 28.8 Å². The van der Waals surface area contributed by atoms with Crippen molar-refractivity contribution in [3.05, 3.63) is 35.8 Å². The van der Waals surface area contributed by atoms with Crippen molar-refractivity contribution in [2.75, 3.05) is 12.4 Å². The Kier molecular flexibility index (Phi) is 4.51. The Bertz CT molecular complexity index is 1010. The quantitative estimate of drug-likeness (QED) is 0.461. The predicted octanol–water partition coefficient (Wildman–Crippen LogP) is 2.35. The second kappa shape index (κ2) is 6.87. The van der Waals surface area contributed by atoms with Gasteiger partial charge in [0.25, 0.3) is 0 Å². The number of H-pyrrole nitrogens is 1. The number of thioether (sulfide) groups is 1. The number of fused-ring (bicyclic) bond motifs is 2. The van der Waals surface area contributed by atoms with Gasteiger partial charge in [0, 0.05) is 12.2 Å². The van der Waals surface area contributed by atoms with E-state index in [-0.39, 0.29) is 22.2 Å². The Balaban J connectivity index is 1.49. The highest BCUT2D eigenvalue weighted by Crippen LogP contribution is 2.47. The number of nitrogens with zero attached hydrogens (tertiary/aromatic N) is 3. The fraction of sp³-hybridized carbons (Fsp3) is 0.368. The molecule has 0 aliphatic carbocycles. The maximum absolute atomic E-state index is 12.5. The summed E-state index contributed by atoms with van der Waals surface area (Å²) in [5, 5.41) is 19.7. The number of ether oxygens (including phenoxy) is 1. The molecule has 2 aliphatic heterocycles. The van der Waals surface area contributed by atoms with Gasteiger partial charge in [-0.05, 0) is 25.5 Å². The topological polar surface area (TPSA) is 119 Å². The van der Waals surface area contributed by atoms with Crippen LogP contribution < -0.4 is 0 Å². The number of esters is 1. The predicted molar refractivity (Wildman–Crippen MR) is 103 cm³/mol. The number of aromatic nitrogens is 2. The van der Waals surface area contributed by atoms with Gasteiger partial charge in [0.15, 0.2) is 11.6 Å². The fourth-order valence-electron chi connectivity index (χ4n) is 3.63. The van der Waals surface area contributed by atoms with Crippen molar-refractivity contribution >= 4 is 40.2 Å². The lowest BCUT2D eigenvalue weighted by Crippen LogP contribution is -2.46. The maximum Gasteiger partial charge on any atom is 0.330 e. The molecule has 9 heteroatoms. The number of para-hydroxylation sites is 2. The van der Waals surface area contributed by atoms with Crippen LogP contribution in [0.3, 0.4) is 0 Å². The molecule has 0 saturated carbocycles. The summed E-state index contributed by atoms with van der Waals surface area (Å²) in [6, 6.07) is 8.46. The Morgan fingerprint density at radius 3 is 3.07 bits per heavy atom. The molecule has 2 atom stereocenters. The summed E-state index contributed by atoms with van der Waals surface area (Å²) in [5.41, 5.74) is 1.29. The van der Waals surface area contributed by atoms with E-state index < -0.39 is 24.4 Å². The first-order valence-electron chi connectivity index (χ1n) is 8.83. The number of carbonyl (C=O) groups is 2. The smallest absolute Gasteiger partial charge is 0.330 e. The van der Waals surface area contributed by atoms with Crippen LogP contribution in [0.4, 0.5) is 0 Å². The molecule has 0 spiro atoms. The van der Waals surface area contributed by atoms with Gasteiger partial charge >= 0.3 is 5.97 Å². The number of rotatable bonds is 4. The zero-order chi connectivity index (χ0) is 19.9. The van der Waals surface area contributed by atoms with Crippen LogP contribution in [-0.4, -0.2) is 55.1 Å². The number of hydrogen-bond donors (Lipinski definition) is 2. The van der Waals surface area contributed by atoms with E-state index in [1.807, 2.05) is 25.1 Å². The molecule has 2 N–H and O–H groups in total. The molecule has 144 valence electrons. The highest BCUT2D eigenvalue weighted by molar-refractivity contribution is 8.01. The maximum atomic E-state index is 12.5. The normalized spacial score (nSPS) is 24.8. The largest absolute Gasteiger partial charge is 0.507 e. The van der Waals surface area contributed by atoms with E-state index in [9.17, 15) is 20.0 Å². The third kappa shape index (κ3) is 2.99. The highest BCUT2D eigenvalue weighted by atomic mass is 32.2. The Labute approximate surface area is 165 Å². The van der Waals surface area contributed by atoms with E-state index in [0.717, 1.165) is 5.52 Å². The third-order valence-electron chi connectivity index (χ3n) is 5.09. The van der Waals surface area contributed by atoms with Gasteiger partial charge in [0.2, 0.25) is 5.91 Å². The van der Waals surface area contributed by atoms with Crippen LogP contribution in [0.15, 0.2) is 30.0 Å². The molecule has 0 bridgehead atoms. The van der Waals surface area contributed by atoms with E-state index in [2.05, 4.69) is 9.97 Å². The monoisotopic (exact) mass is 398 g/mol. The highest BCUT2D eigenvalue weighted by Gasteiger charge is 2.53. The summed E-state index contributed by atoms with van der Waals surface area (Å²) >= 11 is 1.56. The van der Waals surface area contributed by atoms with Crippen molar-refractivity contribution in [3.8, 4) is 6.07 Å². The number of nitrogens with one attached hydrogen (secondary N) is 1.